The van der Waals surface area contributed by atoms with E-state index >= 15 is 0 Å². The van der Waals surface area contributed by atoms with Gasteiger partial charge in [0.15, 0.2) is 0 Å². The van der Waals surface area contributed by atoms with Crippen LogP contribution in [0.1, 0.15) is 22.7 Å². The predicted molar refractivity (Wildman–Crippen MR) is 89.2 cm³/mol. The van der Waals surface area contributed by atoms with Crippen LogP contribution in [-0.2, 0) is 12.8 Å². The largest absolute Gasteiger partial charge is 0.271 e. The van der Waals surface area contributed by atoms with Crippen LogP contribution in [0.15, 0.2) is 53.9 Å². The first-order chi connectivity index (χ1) is 10.4. The van der Waals surface area contributed by atoms with E-state index in [2.05, 4.69) is 59.3 Å². The van der Waals surface area contributed by atoms with Crippen LogP contribution < -0.4 is 11.3 Å². The zero-order chi connectivity index (χ0) is 14.2. The Morgan fingerprint density at radius 2 is 1.76 bits per heavy atom. The highest BCUT2D eigenvalue weighted by Gasteiger charge is 2.29. The van der Waals surface area contributed by atoms with Gasteiger partial charge in [0.05, 0.1) is 6.04 Å². The van der Waals surface area contributed by atoms with Gasteiger partial charge in [0, 0.05) is 4.70 Å². The van der Waals surface area contributed by atoms with Crippen molar-refractivity contribution in [2.75, 3.05) is 0 Å². The lowest BCUT2D eigenvalue weighted by atomic mass is 9.90. The standard InChI is InChI=1S/C18H18N2S/c19-20-17(15-10-13-4-1-2-5-14(13)11-15)16-7-3-6-12-8-9-21-18(12)16/h1-9,15,17,20H,10-11,19H2. The van der Waals surface area contributed by atoms with Gasteiger partial charge in [-0.2, -0.15) is 0 Å². The summed E-state index contributed by atoms with van der Waals surface area (Å²) in [5.74, 6) is 6.46. The highest BCUT2D eigenvalue weighted by Crippen LogP contribution is 2.38. The Bertz CT molecular complexity index is 752. The Labute approximate surface area is 128 Å². The van der Waals surface area contributed by atoms with Crippen molar-refractivity contribution in [2.45, 2.75) is 18.9 Å². The summed E-state index contributed by atoms with van der Waals surface area (Å²) in [4.78, 5) is 0. The number of hydrazine groups is 1. The van der Waals surface area contributed by atoms with E-state index in [0.29, 0.717) is 5.92 Å². The van der Waals surface area contributed by atoms with Gasteiger partial charge >= 0.3 is 0 Å². The Morgan fingerprint density at radius 3 is 2.48 bits per heavy atom. The maximum Gasteiger partial charge on any atom is 0.0508 e. The van der Waals surface area contributed by atoms with Crippen LogP contribution in [0.2, 0.25) is 0 Å². The molecule has 21 heavy (non-hydrogen) atoms. The van der Waals surface area contributed by atoms with Crippen LogP contribution in [0.25, 0.3) is 10.1 Å². The van der Waals surface area contributed by atoms with E-state index < -0.39 is 0 Å². The molecule has 3 N–H and O–H groups in total. The SMILES string of the molecule is NNC(c1cccc2ccsc12)C1Cc2ccccc2C1. The van der Waals surface area contributed by atoms with Crippen molar-refractivity contribution in [1.82, 2.24) is 5.43 Å². The van der Waals surface area contributed by atoms with Crippen LogP contribution >= 0.6 is 11.3 Å². The van der Waals surface area contributed by atoms with Gasteiger partial charge in [0.2, 0.25) is 0 Å². The fourth-order valence-electron chi connectivity index (χ4n) is 3.57. The maximum atomic E-state index is 5.93. The minimum atomic E-state index is 0.208. The van der Waals surface area contributed by atoms with Gasteiger partial charge in [-0.15, -0.1) is 11.3 Å². The minimum Gasteiger partial charge on any atom is -0.271 e. The number of thiophene rings is 1. The number of nitrogens with two attached hydrogens (primary N) is 1. The molecule has 1 aliphatic rings. The van der Waals surface area contributed by atoms with Gasteiger partial charge in [-0.1, -0.05) is 42.5 Å². The molecule has 0 fully saturated rings. The zero-order valence-electron chi connectivity index (χ0n) is 11.8. The average molecular weight is 294 g/mol. The van der Waals surface area contributed by atoms with Crippen molar-refractivity contribution in [3.63, 3.8) is 0 Å². The third-order valence-corrected chi connectivity index (χ3v) is 5.56. The molecular weight excluding hydrogens is 276 g/mol. The highest BCUT2D eigenvalue weighted by atomic mass is 32.1. The Morgan fingerprint density at radius 1 is 1.00 bits per heavy atom. The fraction of sp³-hybridized carbons (Fsp3) is 0.222. The first kappa shape index (κ1) is 13.0. The monoisotopic (exact) mass is 294 g/mol. The molecule has 1 aliphatic carbocycles. The third kappa shape index (κ3) is 2.18. The van der Waals surface area contributed by atoms with Crippen molar-refractivity contribution in [3.8, 4) is 0 Å². The van der Waals surface area contributed by atoms with Crippen molar-refractivity contribution in [2.24, 2.45) is 11.8 Å². The lowest BCUT2D eigenvalue weighted by molar-refractivity contribution is 0.382. The Hall–Kier alpha value is -1.68. The van der Waals surface area contributed by atoms with Crippen LogP contribution in [0.4, 0.5) is 0 Å². The molecule has 4 rings (SSSR count). The van der Waals surface area contributed by atoms with E-state index in [1.54, 1.807) is 11.3 Å². The van der Waals surface area contributed by atoms with E-state index in [1.165, 1.54) is 26.8 Å². The quantitative estimate of drug-likeness (QED) is 0.569. The van der Waals surface area contributed by atoms with Crippen molar-refractivity contribution in [3.05, 3.63) is 70.6 Å². The van der Waals surface area contributed by atoms with Gasteiger partial charge in [0.1, 0.15) is 0 Å². The van der Waals surface area contributed by atoms with E-state index in [-0.39, 0.29) is 6.04 Å². The third-order valence-electron chi connectivity index (χ3n) is 4.58. The molecule has 106 valence electrons. The minimum absolute atomic E-state index is 0.208. The predicted octanol–water partition coefficient (Wildman–Crippen LogP) is 3.82. The zero-order valence-corrected chi connectivity index (χ0v) is 12.6. The summed E-state index contributed by atoms with van der Waals surface area (Å²) >= 11 is 1.80. The number of hydrogen-bond donors (Lipinski definition) is 2. The second-order valence-electron chi connectivity index (χ2n) is 5.77. The molecule has 0 amide bonds. The van der Waals surface area contributed by atoms with Crippen LogP contribution in [0, 0.1) is 5.92 Å². The fourth-order valence-corrected chi connectivity index (χ4v) is 4.52. The first-order valence-corrected chi connectivity index (χ1v) is 8.24. The summed E-state index contributed by atoms with van der Waals surface area (Å²) in [6, 6.07) is 17.7. The smallest absolute Gasteiger partial charge is 0.0508 e. The van der Waals surface area contributed by atoms with Crippen LogP contribution in [-0.4, -0.2) is 0 Å². The molecule has 0 aliphatic heterocycles. The average Bonchev–Trinajstić information content (AvgIpc) is 3.14. The number of hydrogen-bond acceptors (Lipinski definition) is 3. The molecule has 0 saturated carbocycles. The number of benzene rings is 2. The van der Waals surface area contributed by atoms with E-state index in [0.717, 1.165) is 12.8 Å². The molecule has 3 aromatic rings. The topological polar surface area (TPSA) is 38.0 Å². The van der Waals surface area contributed by atoms with Gasteiger partial charge in [-0.3, -0.25) is 11.3 Å². The van der Waals surface area contributed by atoms with Crippen LogP contribution in [0.5, 0.6) is 0 Å². The number of nitrogens with one attached hydrogen (secondary N) is 1. The summed E-state index contributed by atoms with van der Waals surface area (Å²) in [5.41, 5.74) is 7.37. The normalized spacial score (nSPS) is 16.2. The Kier molecular flexibility index (Phi) is 3.26. The molecule has 1 aromatic heterocycles. The van der Waals surface area contributed by atoms with Crippen molar-refractivity contribution in [1.29, 1.82) is 0 Å². The molecule has 2 nitrogen and oxygen atoms in total. The highest BCUT2D eigenvalue weighted by molar-refractivity contribution is 7.17. The lowest BCUT2D eigenvalue weighted by Gasteiger charge is -2.23. The lowest BCUT2D eigenvalue weighted by Crippen LogP contribution is -2.34. The molecule has 0 bridgehead atoms. The second-order valence-corrected chi connectivity index (χ2v) is 6.68. The molecule has 2 aromatic carbocycles. The van der Waals surface area contributed by atoms with E-state index in [4.69, 9.17) is 5.84 Å². The molecule has 0 radical (unpaired) electrons. The van der Waals surface area contributed by atoms with Crippen molar-refractivity contribution >= 4 is 21.4 Å². The molecule has 0 spiro atoms. The molecule has 3 heteroatoms. The van der Waals surface area contributed by atoms with Crippen LogP contribution in [0.3, 0.4) is 0 Å². The van der Waals surface area contributed by atoms with Crippen molar-refractivity contribution < 1.29 is 0 Å². The molecule has 1 heterocycles. The molecule has 1 unspecified atom stereocenters. The van der Waals surface area contributed by atoms with Gasteiger partial charge < -0.3 is 0 Å². The van der Waals surface area contributed by atoms with E-state index in [1.807, 2.05) is 0 Å². The summed E-state index contributed by atoms with van der Waals surface area (Å²) in [5, 5.41) is 3.47. The van der Waals surface area contributed by atoms with Gasteiger partial charge in [-0.25, -0.2) is 0 Å². The maximum absolute atomic E-state index is 5.93. The summed E-state index contributed by atoms with van der Waals surface area (Å²) in [6.45, 7) is 0. The second kappa shape index (κ2) is 5.26. The first-order valence-electron chi connectivity index (χ1n) is 7.36. The summed E-state index contributed by atoms with van der Waals surface area (Å²) in [6.07, 6.45) is 2.21. The Balaban J connectivity index is 1.72. The number of fused-ring (bicyclic) bond motifs is 2. The van der Waals surface area contributed by atoms with E-state index in [9.17, 15) is 0 Å². The molecule has 0 saturated heterocycles. The summed E-state index contributed by atoms with van der Waals surface area (Å²) < 4.78 is 1.36. The molecular formula is C18H18N2S. The van der Waals surface area contributed by atoms with Gasteiger partial charge in [0.25, 0.3) is 0 Å². The summed E-state index contributed by atoms with van der Waals surface area (Å²) in [7, 11) is 0. The molecule has 1 atom stereocenters. The van der Waals surface area contributed by atoms with Gasteiger partial charge in [-0.05, 0) is 52.3 Å². The number of rotatable bonds is 3.